The number of nitrogens with one attached hydrogen (secondary N) is 2. The highest BCUT2D eigenvalue weighted by atomic mass is 35.5. The molecule has 1 aliphatic heterocycles. The minimum atomic E-state index is -0.418. The average Bonchev–Trinajstić information content (AvgIpc) is 2.83. The van der Waals surface area contributed by atoms with Crippen molar-refractivity contribution < 1.29 is 14.6 Å². The van der Waals surface area contributed by atoms with Crippen LogP contribution in [0.25, 0.3) is 0 Å². The zero-order chi connectivity index (χ0) is 14.5. The number of hydrogen-bond acceptors (Lipinski definition) is 4. The molecule has 2 rings (SSSR count). The number of rotatable bonds is 5. The summed E-state index contributed by atoms with van der Waals surface area (Å²) in [6.07, 6.45) is -0.418. The van der Waals surface area contributed by atoms with Crippen molar-refractivity contribution in [3.63, 3.8) is 0 Å². The molecular formula is C13H17Cl3N2O3. The summed E-state index contributed by atoms with van der Waals surface area (Å²) < 4.78 is 5.31. The predicted octanol–water partition coefficient (Wildman–Crippen LogP) is 1.49. The molecule has 8 heteroatoms. The van der Waals surface area contributed by atoms with Gasteiger partial charge in [0, 0.05) is 36.6 Å². The number of aliphatic hydroxyl groups is 1. The lowest BCUT2D eigenvalue weighted by Crippen LogP contribution is -2.36. The van der Waals surface area contributed by atoms with E-state index in [4.69, 9.17) is 27.9 Å². The predicted molar refractivity (Wildman–Crippen MR) is 84.6 cm³/mol. The number of carbonyl (C=O) groups excluding carboxylic acids is 1. The van der Waals surface area contributed by atoms with Gasteiger partial charge in [0.25, 0.3) is 5.91 Å². The Kier molecular flexibility index (Phi) is 7.56. The van der Waals surface area contributed by atoms with Crippen LogP contribution in [0.15, 0.2) is 18.2 Å². The Morgan fingerprint density at radius 2 is 2.19 bits per heavy atom. The maximum absolute atomic E-state index is 11.7. The van der Waals surface area contributed by atoms with Crippen molar-refractivity contribution in [2.24, 2.45) is 5.92 Å². The monoisotopic (exact) mass is 354 g/mol. The van der Waals surface area contributed by atoms with Crippen molar-refractivity contribution in [3.8, 4) is 5.75 Å². The molecule has 5 nitrogen and oxygen atoms in total. The number of β-amino-alcohol motifs (C(OH)–C–C–N with tert-alkyl or cyclic N) is 1. The summed E-state index contributed by atoms with van der Waals surface area (Å²) in [5.74, 6) is 0.144. The molecule has 118 valence electrons. The van der Waals surface area contributed by atoms with Gasteiger partial charge in [0.15, 0.2) is 6.61 Å². The number of benzene rings is 1. The molecule has 2 unspecified atom stereocenters. The number of hydrogen-bond donors (Lipinski definition) is 3. The van der Waals surface area contributed by atoms with Crippen LogP contribution in [0.3, 0.4) is 0 Å². The summed E-state index contributed by atoms with van der Waals surface area (Å²) >= 11 is 11.7. The Morgan fingerprint density at radius 1 is 1.43 bits per heavy atom. The zero-order valence-electron chi connectivity index (χ0n) is 11.1. The van der Waals surface area contributed by atoms with E-state index in [1.54, 1.807) is 18.2 Å². The van der Waals surface area contributed by atoms with Gasteiger partial charge in [-0.3, -0.25) is 4.79 Å². The standard InChI is InChI=1S/C13H16Cl2N2O3.ClH/c14-9-1-2-10(15)12(3-9)20-7-13(19)17-5-8-4-16-6-11(8)18;/h1-3,8,11,16,18H,4-7H2,(H,17,19);1H. The van der Waals surface area contributed by atoms with E-state index in [1.807, 2.05) is 0 Å². The van der Waals surface area contributed by atoms with E-state index in [0.29, 0.717) is 35.4 Å². The fourth-order valence-electron chi connectivity index (χ4n) is 1.95. The van der Waals surface area contributed by atoms with Crippen LogP contribution in [-0.2, 0) is 4.79 Å². The molecule has 0 aromatic heterocycles. The zero-order valence-corrected chi connectivity index (χ0v) is 13.5. The van der Waals surface area contributed by atoms with Crippen LogP contribution in [0.5, 0.6) is 5.75 Å². The van der Waals surface area contributed by atoms with Crippen molar-refractivity contribution >= 4 is 41.5 Å². The third-order valence-corrected chi connectivity index (χ3v) is 3.66. The van der Waals surface area contributed by atoms with E-state index in [9.17, 15) is 9.90 Å². The maximum atomic E-state index is 11.7. The summed E-state index contributed by atoms with van der Waals surface area (Å²) in [5, 5.41) is 16.3. The lowest BCUT2D eigenvalue weighted by Gasteiger charge is -2.14. The maximum Gasteiger partial charge on any atom is 0.257 e. The number of carbonyl (C=O) groups is 1. The van der Waals surface area contributed by atoms with E-state index < -0.39 is 6.10 Å². The normalized spacial score (nSPS) is 20.7. The number of ether oxygens (including phenoxy) is 1. The van der Waals surface area contributed by atoms with E-state index >= 15 is 0 Å². The van der Waals surface area contributed by atoms with Crippen molar-refractivity contribution in [2.45, 2.75) is 6.10 Å². The second-order valence-electron chi connectivity index (χ2n) is 4.65. The van der Waals surface area contributed by atoms with Gasteiger partial charge in [-0.15, -0.1) is 12.4 Å². The number of halogens is 3. The van der Waals surface area contributed by atoms with Crippen LogP contribution in [-0.4, -0.2) is 43.4 Å². The van der Waals surface area contributed by atoms with Crippen molar-refractivity contribution in [3.05, 3.63) is 28.2 Å². The highest BCUT2D eigenvalue weighted by Crippen LogP contribution is 2.27. The molecule has 1 amide bonds. The topological polar surface area (TPSA) is 70.6 Å². The van der Waals surface area contributed by atoms with Crippen molar-refractivity contribution in [1.29, 1.82) is 0 Å². The van der Waals surface area contributed by atoms with E-state index in [2.05, 4.69) is 10.6 Å². The van der Waals surface area contributed by atoms with Gasteiger partial charge in [-0.1, -0.05) is 23.2 Å². The third kappa shape index (κ3) is 5.52. The molecule has 1 aliphatic rings. The first kappa shape index (κ1) is 18.3. The lowest BCUT2D eigenvalue weighted by atomic mass is 10.1. The summed E-state index contributed by atoms with van der Waals surface area (Å²) in [7, 11) is 0. The molecule has 1 aromatic rings. The molecule has 1 saturated heterocycles. The van der Waals surface area contributed by atoms with Crippen LogP contribution in [0, 0.1) is 5.92 Å². The van der Waals surface area contributed by atoms with Gasteiger partial charge in [-0.25, -0.2) is 0 Å². The van der Waals surface area contributed by atoms with Gasteiger partial charge in [-0.05, 0) is 12.1 Å². The largest absolute Gasteiger partial charge is 0.482 e. The first-order chi connectivity index (χ1) is 9.56. The Bertz CT molecular complexity index is 488. The quantitative estimate of drug-likeness (QED) is 0.748. The minimum Gasteiger partial charge on any atom is -0.482 e. The van der Waals surface area contributed by atoms with Crippen LogP contribution in [0.2, 0.25) is 10.0 Å². The molecule has 21 heavy (non-hydrogen) atoms. The summed E-state index contributed by atoms with van der Waals surface area (Å²) in [6.45, 7) is 1.54. The minimum absolute atomic E-state index is 0. The highest BCUT2D eigenvalue weighted by molar-refractivity contribution is 6.34. The molecule has 1 fully saturated rings. The molecular weight excluding hydrogens is 339 g/mol. The van der Waals surface area contributed by atoms with E-state index in [0.717, 1.165) is 0 Å². The molecule has 0 saturated carbocycles. The van der Waals surface area contributed by atoms with Gasteiger partial charge in [-0.2, -0.15) is 0 Å². The Morgan fingerprint density at radius 3 is 2.86 bits per heavy atom. The van der Waals surface area contributed by atoms with Crippen LogP contribution in [0.1, 0.15) is 0 Å². The third-order valence-electron chi connectivity index (χ3n) is 3.12. The molecule has 0 aliphatic carbocycles. The lowest BCUT2D eigenvalue weighted by molar-refractivity contribution is -0.123. The fourth-order valence-corrected chi connectivity index (χ4v) is 2.29. The van der Waals surface area contributed by atoms with Gasteiger partial charge in [0.1, 0.15) is 5.75 Å². The first-order valence-electron chi connectivity index (χ1n) is 6.29. The molecule has 1 aromatic carbocycles. The Labute approximate surface area is 139 Å². The Hall–Kier alpha value is -0.720. The van der Waals surface area contributed by atoms with Crippen LogP contribution < -0.4 is 15.4 Å². The van der Waals surface area contributed by atoms with Crippen molar-refractivity contribution in [2.75, 3.05) is 26.2 Å². The summed E-state index contributed by atoms with van der Waals surface area (Å²) in [5.41, 5.74) is 0. The molecule has 0 radical (unpaired) electrons. The molecule has 2 atom stereocenters. The van der Waals surface area contributed by atoms with Gasteiger partial charge in [0.05, 0.1) is 11.1 Å². The average molecular weight is 356 g/mol. The molecule has 1 heterocycles. The van der Waals surface area contributed by atoms with Crippen molar-refractivity contribution in [1.82, 2.24) is 10.6 Å². The van der Waals surface area contributed by atoms with Gasteiger partial charge in [0.2, 0.25) is 0 Å². The van der Waals surface area contributed by atoms with Gasteiger partial charge < -0.3 is 20.5 Å². The molecule has 0 bridgehead atoms. The first-order valence-corrected chi connectivity index (χ1v) is 7.05. The molecule has 3 N–H and O–H groups in total. The highest BCUT2D eigenvalue weighted by Gasteiger charge is 2.24. The number of aliphatic hydroxyl groups excluding tert-OH is 1. The van der Waals surface area contributed by atoms with Crippen LogP contribution in [0.4, 0.5) is 0 Å². The number of amides is 1. The smallest absolute Gasteiger partial charge is 0.257 e. The van der Waals surface area contributed by atoms with E-state index in [-0.39, 0.29) is 30.8 Å². The molecule has 0 spiro atoms. The summed E-state index contributed by atoms with van der Waals surface area (Å²) in [6, 6.07) is 4.81. The van der Waals surface area contributed by atoms with Crippen LogP contribution >= 0.6 is 35.6 Å². The van der Waals surface area contributed by atoms with E-state index in [1.165, 1.54) is 0 Å². The summed E-state index contributed by atoms with van der Waals surface area (Å²) in [4.78, 5) is 11.7. The Balaban J connectivity index is 0.00000220. The fraction of sp³-hybridized carbons (Fsp3) is 0.462. The second kappa shape index (κ2) is 8.66. The second-order valence-corrected chi connectivity index (χ2v) is 5.50. The SMILES string of the molecule is Cl.O=C(COc1cc(Cl)ccc1Cl)NCC1CNCC1O. The van der Waals surface area contributed by atoms with Gasteiger partial charge >= 0.3 is 0 Å².